The second-order valence-corrected chi connectivity index (χ2v) is 6.69. The molecular formula is C16H22N6O2. The molecular weight excluding hydrogens is 308 g/mol. The maximum absolute atomic E-state index is 12.4. The van der Waals surface area contributed by atoms with Gasteiger partial charge in [0.15, 0.2) is 5.82 Å². The monoisotopic (exact) mass is 330 g/mol. The Morgan fingerprint density at radius 2 is 2.25 bits per heavy atom. The van der Waals surface area contributed by atoms with Crippen molar-refractivity contribution in [2.75, 3.05) is 13.1 Å². The van der Waals surface area contributed by atoms with E-state index in [0.717, 1.165) is 31.6 Å². The fraction of sp³-hybridized carbons (Fsp3) is 0.688. The first-order valence-corrected chi connectivity index (χ1v) is 8.74. The Morgan fingerprint density at radius 3 is 3.04 bits per heavy atom. The number of nitrogens with zero attached hydrogens (tertiary/aromatic N) is 6. The highest BCUT2D eigenvalue weighted by Crippen LogP contribution is 2.38. The van der Waals surface area contributed by atoms with Crippen LogP contribution in [0.3, 0.4) is 0 Å². The Morgan fingerprint density at radius 1 is 1.33 bits per heavy atom. The quantitative estimate of drug-likeness (QED) is 0.801. The molecule has 3 heterocycles. The molecule has 0 N–H and O–H groups in total. The molecule has 2 fully saturated rings. The highest BCUT2D eigenvalue weighted by atomic mass is 16.5. The Hall–Kier alpha value is -2.25. The minimum Gasteiger partial charge on any atom is -0.341 e. The molecule has 128 valence electrons. The van der Waals surface area contributed by atoms with Crippen LogP contribution in [0.1, 0.15) is 62.2 Å². The predicted octanol–water partition coefficient (Wildman–Crippen LogP) is 1.72. The van der Waals surface area contributed by atoms with Crippen molar-refractivity contribution in [3.8, 4) is 0 Å². The molecule has 1 saturated carbocycles. The lowest BCUT2D eigenvalue weighted by atomic mass is 10.1. The Balaban J connectivity index is 1.24. The average molecular weight is 330 g/mol. The average Bonchev–Trinajstić information content (AvgIpc) is 3.12. The number of aryl methyl sites for hydroxylation is 1. The first-order chi connectivity index (χ1) is 11.8. The number of piperidine rings is 1. The second-order valence-electron chi connectivity index (χ2n) is 6.69. The summed E-state index contributed by atoms with van der Waals surface area (Å²) in [7, 11) is 0. The number of hydrogen-bond acceptors (Lipinski definition) is 6. The van der Waals surface area contributed by atoms with E-state index < -0.39 is 0 Å². The maximum Gasteiger partial charge on any atom is 0.226 e. The number of aromatic nitrogens is 5. The lowest BCUT2D eigenvalue weighted by Crippen LogP contribution is -2.40. The molecule has 1 saturated heterocycles. The van der Waals surface area contributed by atoms with Gasteiger partial charge < -0.3 is 9.42 Å². The van der Waals surface area contributed by atoms with Crippen LogP contribution in [0.25, 0.3) is 0 Å². The zero-order valence-electron chi connectivity index (χ0n) is 13.7. The van der Waals surface area contributed by atoms with Gasteiger partial charge in [-0.1, -0.05) is 5.16 Å². The molecule has 2 aromatic heterocycles. The van der Waals surface area contributed by atoms with Crippen molar-refractivity contribution in [1.29, 1.82) is 0 Å². The van der Waals surface area contributed by atoms with Gasteiger partial charge in [0.2, 0.25) is 11.8 Å². The summed E-state index contributed by atoms with van der Waals surface area (Å²) in [6.07, 6.45) is 9.59. The molecule has 1 atom stereocenters. The number of hydrogen-bond donors (Lipinski definition) is 0. The largest absolute Gasteiger partial charge is 0.341 e. The van der Waals surface area contributed by atoms with Crippen molar-refractivity contribution < 1.29 is 9.32 Å². The summed E-state index contributed by atoms with van der Waals surface area (Å²) in [6.45, 7) is 1.55. The highest BCUT2D eigenvalue weighted by Gasteiger charge is 2.29. The van der Waals surface area contributed by atoms with Gasteiger partial charge in [-0.15, -0.1) is 0 Å². The van der Waals surface area contributed by atoms with Crippen molar-refractivity contribution in [2.45, 2.75) is 56.9 Å². The van der Waals surface area contributed by atoms with Crippen molar-refractivity contribution >= 4 is 5.91 Å². The zero-order chi connectivity index (χ0) is 16.4. The van der Waals surface area contributed by atoms with Gasteiger partial charge in [-0.3, -0.25) is 4.79 Å². The lowest BCUT2D eigenvalue weighted by Gasteiger charge is -2.32. The summed E-state index contributed by atoms with van der Waals surface area (Å²) >= 11 is 0. The zero-order valence-corrected chi connectivity index (χ0v) is 13.7. The van der Waals surface area contributed by atoms with Crippen LogP contribution in [-0.4, -0.2) is 48.8 Å². The molecule has 0 spiro atoms. The third-order valence-corrected chi connectivity index (χ3v) is 4.77. The molecule has 4 rings (SSSR count). The molecule has 0 bridgehead atoms. The van der Waals surface area contributed by atoms with Crippen molar-refractivity contribution in [3.05, 3.63) is 24.4 Å². The second kappa shape index (κ2) is 6.70. The van der Waals surface area contributed by atoms with Crippen LogP contribution in [0.2, 0.25) is 0 Å². The normalized spacial score (nSPS) is 21.2. The third-order valence-electron chi connectivity index (χ3n) is 4.77. The summed E-state index contributed by atoms with van der Waals surface area (Å²) < 4.78 is 7.11. The minimum absolute atomic E-state index is 0.196. The maximum atomic E-state index is 12.4. The van der Waals surface area contributed by atoms with Crippen LogP contribution in [-0.2, 0) is 11.2 Å². The van der Waals surface area contributed by atoms with E-state index in [9.17, 15) is 4.79 Å². The van der Waals surface area contributed by atoms with Crippen LogP contribution in [0, 0.1) is 0 Å². The van der Waals surface area contributed by atoms with E-state index in [-0.39, 0.29) is 11.9 Å². The SMILES string of the molecule is O=C(CCCc1nc(C2CC2)no1)N1CCC[C@H](n2cncn2)C1. The molecule has 0 radical (unpaired) electrons. The molecule has 0 unspecified atom stereocenters. The van der Waals surface area contributed by atoms with Crippen LogP contribution in [0.5, 0.6) is 0 Å². The summed E-state index contributed by atoms with van der Waals surface area (Å²) in [5.41, 5.74) is 0. The fourth-order valence-corrected chi connectivity index (χ4v) is 3.23. The van der Waals surface area contributed by atoms with Crippen molar-refractivity contribution in [3.63, 3.8) is 0 Å². The van der Waals surface area contributed by atoms with Gasteiger partial charge in [-0.2, -0.15) is 10.1 Å². The van der Waals surface area contributed by atoms with Gasteiger partial charge in [-0.05, 0) is 32.1 Å². The third kappa shape index (κ3) is 3.47. The Kier molecular flexibility index (Phi) is 4.27. The van der Waals surface area contributed by atoms with E-state index in [1.54, 1.807) is 12.7 Å². The number of likely N-dealkylation sites (tertiary alicyclic amines) is 1. The van der Waals surface area contributed by atoms with E-state index in [0.29, 0.717) is 31.2 Å². The Labute approximate surface area is 140 Å². The van der Waals surface area contributed by atoms with Crippen LogP contribution >= 0.6 is 0 Å². The summed E-state index contributed by atoms with van der Waals surface area (Å²) in [5, 5.41) is 8.20. The van der Waals surface area contributed by atoms with Gasteiger partial charge >= 0.3 is 0 Å². The Bertz CT molecular complexity index is 679. The van der Waals surface area contributed by atoms with E-state index in [1.807, 2.05) is 9.58 Å². The van der Waals surface area contributed by atoms with Gasteiger partial charge in [0, 0.05) is 31.8 Å². The fourth-order valence-electron chi connectivity index (χ4n) is 3.23. The lowest BCUT2D eigenvalue weighted by molar-refractivity contribution is -0.133. The van der Waals surface area contributed by atoms with Gasteiger partial charge in [0.25, 0.3) is 0 Å². The van der Waals surface area contributed by atoms with E-state index >= 15 is 0 Å². The van der Waals surface area contributed by atoms with Gasteiger partial charge in [0.1, 0.15) is 12.7 Å². The first-order valence-electron chi connectivity index (χ1n) is 8.74. The van der Waals surface area contributed by atoms with Crippen LogP contribution in [0.4, 0.5) is 0 Å². The highest BCUT2D eigenvalue weighted by molar-refractivity contribution is 5.76. The minimum atomic E-state index is 0.196. The molecule has 24 heavy (non-hydrogen) atoms. The molecule has 8 heteroatoms. The number of carbonyl (C=O) groups is 1. The molecule has 1 aliphatic carbocycles. The molecule has 2 aliphatic rings. The van der Waals surface area contributed by atoms with Gasteiger partial charge in [-0.25, -0.2) is 9.67 Å². The number of carbonyl (C=O) groups excluding carboxylic acids is 1. The van der Waals surface area contributed by atoms with Crippen molar-refractivity contribution in [2.24, 2.45) is 0 Å². The number of amides is 1. The smallest absolute Gasteiger partial charge is 0.226 e. The standard InChI is InChI=1S/C16H22N6O2/c23-15(5-1-4-14-19-16(20-24-14)12-6-7-12)21-8-2-3-13(9-21)22-11-17-10-18-22/h10-13H,1-9H2/t13-/m0/s1. The summed E-state index contributed by atoms with van der Waals surface area (Å²) in [6, 6.07) is 0.238. The summed E-state index contributed by atoms with van der Waals surface area (Å²) in [5.74, 6) is 2.19. The molecule has 1 amide bonds. The van der Waals surface area contributed by atoms with E-state index in [4.69, 9.17) is 4.52 Å². The van der Waals surface area contributed by atoms with Gasteiger partial charge in [0.05, 0.1) is 6.04 Å². The van der Waals surface area contributed by atoms with Crippen molar-refractivity contribution in [1.82, 2.24) is 29.8 Å². The predicted molar refractivity (Wildman–Crippen MR) is 84.1 cm³/mol. The topological polar surface area (TPSA) is 89.9 Å². The van der Waals surface area contributed by atoms with E-state index in [2.05, 4.69) is 20.2 Å². The van der Waals surface area contributed by atoms with Crippen LogP contribution < -0.4 is 0 Å². The van der Waals surface area contributed by atoms with E-state index in [1.165, 1.54) is 12.8 Å². The first kappa shape index (κ1) is 15.3. The number of rotatable bonds is 6. The van der Waals surface area contributed by atoms with Crippen LogP contribution in [0.15, 0.2) is 17.2 Å². The molecule has 2 aromatic rings. The summed E-state index contributed by atoms with van der Waals surface area (Å²) in [4.78, 5) is 22.8. The molecule has 8 nitrogen and oxygen atoms in total. The molecule has 1 aliphatic heterocycles. The molecule has 0 aromatic carbocycles.